The van der Waals surface area contributed by atoms with Crippen molar-refractivity contribution in [2.45, 2.75) is 6.92 Å². The molecule has 3 N–H and O–H groups in total. The molecule has 0 unspecified atom stereocenters. The van der Waals surface area contributed by atoms with E-state index >= 15 is 0 Å². The van der Waals surface area contributed by atoms with Gasteiger partial charge in [-0.25, -0.2) is 13.6 Å². The number of H-pyrrole nitrogens is 1. The van der Waals surface area contributed by atoms with Gasteiger partial charge in [0.1, 0.15) is 17.4 Å². The first kappa shape index (κ1) is 17.4. The molecular formula is C18H14F2N2O4. The summed E-state index contributed by atoms with van der Waals surface area (Å²) in [6.07, 6.45) is -0.764. The van der Waals surface area contributed by atoms with Gasteiger partial charge in [0.05, 0.1) is 28.9 Å². The Labute approximate surface area is 146 Å². The van der Waals surface area contributed by atoms with Gasteiger partial charge >= 0.3 is 6.09 Å². The van der Waals surface area contributed by atoms with Crippen LogP contribution in [0.5, 0.6) is 5.75 Å². The molecule has 2 aromatic carbocycles. The van der Waals surface area contributed by atoms with E-state index in [0.717, 1.165) is 18.2 Å². The number of rotatable bonds is 3. The molecule has 0 aliphatic carbocycles. The molecule has 0 radical (unpaired) electrons. The number of benzene rings is 2. The summed E-state index contributed by atoms with van der Waals surface area (Å²) in [4.78, 5) is 26.6. The number of aromatic amines is 1. The third-order valence-electron chi connectivity index (χ3n) is 3.69. The van der Waals surface area contributed by atoms with Crippen LogP contribution in [0.2, 0.25) is 0 Å². The molecule has 1 heterocycles. The number of halogens is 2. The fraction of sp³-hybridized carbons (Fsp3) is 0.111. The highest BCUT2D eigenvalue weighted by atomic mass is 19.1. The first-order valence-electron chi connectivity index (χ1n) is 7.69. The first-order chi connectivity index (χ1) is 12.4. The van der Waals surface area contributed by atoms with Gasteiger partial charge in [0, 0.05) is 17.7 Å². The van der Waals surface area contributed by atoms with Crippen LogP contribution >= 0.6 is 0 Å². The van der Waals surface area contributed by atoms with Gasteiger partial charge in [-0.05, 0) is 31.2 Å². The molecule has 6 nitrogen and oxygen atoms in total. The molecule has 1 aromatic heterocycles. The average molecular weight is 360 g/mol. The van der Waals surface area contributed by atoms with E-state index in [1.807, 2.05) is 0 Å². The number of carbonyl (C=O) groups is 1. The number of phenols is 1. The second kappa shape index (κ2) is 6.83. The molecule has 0 atom stereocenters. The van der Waals surface area contributed by atoms with Gasteiger partial charge in [-0.1, -0.05) is 0 Å². The van der Waals surface area contributed by atoms with Crippen LogP contribution in [-0.4, -0.2) is 22.8 Å². The van der Waals surface area contributed by atoms with E-state index in [4.69, 9.17) is 4.74 Å². The molecule has 0 bridgehead atoms. The number of phenolic OH excluding ortho intramolecular Hbond substituents is 1. The van der Waals surface area contributed by atoms with Crippen LogP contribution in [-0.2, 0) is 4.74 Å². The minimum Gasteiger partial charge on any atom is -0.508 e. The van der Waals surface area contributed by atoms with Gasteiger partial charge in [-0.3, -0.25) is 10.1 Å². The molecule has 3 rings (SSSR count). The summed E-state index contributed by atoms with van der Waals surface area (Å²) in [5.74, 6) is -1.77. The van der Waals surface area contributed by atoms with Crippen LogP contribution in [0.1, 0.15) is 6.92 Å². The normalized spacial score (nSPS) is 10.7. The standard InChI is InChI=1S/C18H14F2N2O4/c1-2-26-18(25)22-13-7-9(23)3-4-10(13)14-8-15(24)16-11(19)5-6-12(20)17(16)21-14/h3-8,23H,2H2,1H3,(H,21,24)(H,22,25). The summed E-state index contributed by atoms with van der Waals surface area (Å²) in [5, 5.41) is 11.7. The fourth-order valence-electron chi connectivity index (χ4n) is 2.58. The van der Waals surface area contributed by atoms with Crippen LogP contribution in [0.25, 0.3) is 22.2 Å². The molecule has 3 aromatic rings. The summed E-state index contributed by atoms with van der Waals surface area (Å²) in [6, 6.07) is 6.87. The Kier molecular flexibility index (Phi) is 4.57. The average Bonchev–Trinajstić information content (AvgIpc) is 2.58. The Balaban J connectivity index is 2.19. The summed E-state index contributed by atoms with van der Waals surface area (Å²) < 4.78 is 32.7. The van der Waals surface area contributed by atoms with Crippen molar-refractivity contribution in [3.63, 3.8) is 0 Å². The second-order valence-corrected chi connectivity index (χ2v) is 5.40. The van der Waals surface area contributed by atoms with Crippen molar-refractivity contribution < 1.29 is 23.4 Å². The third kappa shape index (κ3) is 3.21. The maximum absolute atomic E-state index is 14.1. The highest BCUT2D eigenvalue weighted by Crippen LogP contribution is 2.31. The molecule has 8 heteroatoms. The molecule has 1 amide bonds. The second-order valence-electron chi connectivity index (χ2n) is 5.40. The first-order valence-corrected chi connectivity index (χ1v) is 7.69. The molecule has 0 aliphatic rings. The van der Waals surface area contributed by atoms with Crippen LogP contribution < -0.4 is 10.7 Å². The zero-order chi connectivity index (χ0) is 18.8. The lowest BCUT2D eigenvalue weighted by Crippen LogP contribution is -2.14. The van der Waals surface area contributed by atoms with E-state index in [-0.39, 0.29) is 29.3 Å². The number of hydrogen-bond acceptors (Lipinski definition) is 4. The van der Waals surface area contributed by atoms with E-state index < -0.39 is 28.5 Å². The lowest BCUT2D eigenvalue weighted by atomic mass is 10.1. The van der Waals surface area contributed by atoms with E-state index in [9.17, 15) is 23.5 Å². The number of pyridine rings is 1. The van der Waals surface area contributed by atoms with Gasteiger partial charge in [-0.2, -0.15) is 0 Å². The van der Waals surface area contributed by atoms with Crippen LogP contribution in [0.4, 0.5) is 19.3 Å². The summed E-state index contributed by atoms with van der Waals surface area (Å²) >= 11 is 0. The van der Waals surface area contributed by atoms with Gasteiger partial charge in [0.15, 0.2) is 5.43 Å². The van der Waals surface area contributed by atoms with Gasteiger partial charge < -0.3 is 14.8 Å². The molecule has 0 spiro atoms. The number of carbonyl (C=O) groups excluding carboxylic acids is 1. The zero-order valence-electron chi connectivity index (χ0n) is 13.6. The minimum absolute atomic E-state index is 0.135. The number of nitrogens with one attached hydrogen (secondary N) is 2. The Bertz CT molecular complexity index is 1060. The maximum atomic E-state index is 14.1. The van der Waals surface area contributed by atoms with Gasteiger partial charge in [-0.15, -0.1) is 0 Å². The SMILES string of the molecule is CCOC(=O)Nc1cc(O)ccc1-c1cc(=O)c2c(F)ccc(F)c2[nH]1. The topological polar surface area (TPSA) is 91.4 Å². The quantitative estimate of drug-likeness (QED) is 0.663. The smallest absolute Gasteiger partial charge is 0.411 e. The van der Waals surface area contributed by atoms with Gasteiger partial charge in [0.2, 0.25) is 0 Å². The minimum atomic E-state index is -0.843. The van der Waals surface area contributed by atoms with E-state index in [2.05, 4.69) is 10.3 Å². The fourth-order valence-corrected chi connectivity index (χ4v) is 2.58. The lowest BCUT2D eigenvalue weighted by molar-refractivity contribution is 0.168. The Morgan fingerprint density at radius 3 is 2.65 bits per heavy atom. The van der Waals surface area contributed by atoms with Crippen molar-refractivity contribution in [1.29, 1.82) is 0 Å². The summed E-state index contributed by atoms with van der Waals surface area (Å²) in [7, 11) is 0. The van der Waals surface area contributed by atoms with Crippen molar-refractivity contribution in [3.8, 4) is 17.0 Å². The maximum Gasteiger partial charge on any atom is 0.411 e. The van der Waals surface area contributed by atoms with Crippen LogP contribution in [0.15, 0.2) is 41.2 Å². The van der Waals surface area contributed by atoms with E-state index in [0.29, 0.717) is 5.56 Å². The largest absolute Gasteiger partial charge is 0.508 e. The number of aromatic hydroxyl groups is 1. The monoisotopic (exact) mass is 360 g/mol. The van der Waals surface area contributed by atoms with Crippen molar-refractivity contribution in [1.82, 2.24) is 4.98 Å². The lowest BCUT2D eigenvalue weighted by Gasteiger charge is -2.13. The number of hydrogen-bond donors (Lipinski definition) is 3. The molecule has 0 saturated carbocycles. The van der Waals surface area contributed by atoms with Crippen molar-refractivity contribution >= 4 is 22.7 Å². The molecular weight excluding hydrogens is 346 g/mol. The number of aromatic nitrogens is 1. The highest BCUT2D eigenvalue weighted by Gasteiger charge is 2.15. The van der Waals surface area contributed by atoms with Crippen molar-refractivity contribution in [3.05, 3.63) is 58.3 Å². The molecule has 0 fully saturated rings. The third-order valence-corrected chi connectivity index (χ3v) is 3.69. The van der Waals surface area contributed by atoms with Crippen LogP contribution in [0, 0.1) is 11.6 Å². The number of fused-ring (bicyclic) bond motifs is 1. The van der Waals surface area contributed by atoms with E-state index in [1.54, 1.807) is 6.92 Å². The summed E-state index contributed by atoms with van der Waals surface area (Å²) in [6.45, 7) is 1.76. The predicted molar refractivity (Wildman–Crippen MR) is 92.2 cm³/mol. The molecule has 134 valence electrons. The van der Waals surface area contributed by atoms with Crippen molar-refractivity contribution in [2.75, 3.05) is 11.9 Å². The Morgan fingerprint density at radius 1 is 1.19 bits per heavy atom. The predicted octanol–water partition coefficient (Wildman–Crippen LogP) is 3.75. The number of amides is 1. The van der Waals surface area contributed by atoms with Gasteiger partial charge in [0.25, 0.3) is 0 Å². The summed E-state index contributed by atoms with van der Waals surface area (Å²) in [5.41, 5.74) is -0.448. The van der Waals surface area contributed by atoms with Crippen LogP contribution in [0.3, 0.4) is 0 Å². The van der Waals surface area contributed by atoms with Crippen molar-refractivity contribution in [2.24, 2.45) is 0 Å². The molecule has 26 heavy (non-hydrogen) atoms. The highest BCUT2D eigenvalue weighted by molar-refractivity contribution is 5.92. The molecule has 0 saturated heterocycles. The molecule has 0 aliphatic heterocycles. The number of ether oxygens (including phenoxy) is 1. The zero-order valence-corrected chi connectivity index (χ0v) is 13.6. The Morgan fingerprint density at radius 2 is 1.92 bits per heavy atom. The number of anilines is 1. The Hall–Kier alpha value is -3.42. The van der Waals surface area contributed by atoms with E-state index in [1.165, 1.54) is 18.2 Å².